The second kappa shape index (κ2) is 28.1. The number of hydrogen-bond acceptors (Lipinski definition) is 15. The summed E-state index contributed by atoms with van der Waals surface area (Å²) in [4.78, 5) is 77.5. The van der Waals surface area contributed by atoms with Gasteiger partial charge in [-0.1, -0.05) is 95.5 Å². The first-order valence-corrected chi connectivity index (χ1v) is 33.4. The number of hydrogen-bond donors (Lipinski definition) is 6. The number of halogens is 2. The topological polar surface area (TPSA) is 233 Å². The summed E-state index contributed by atoms with van der Waals surface area (Å²) >= 11 is 1.58. The van der Waals surface area contributed by atoms with Crippen molar-refractivity contribution >= 4 is 62.6 Å². The fourth-order valence-corrected chi connectivity index (χ4v) is 15.4. The van der Waals surface area contributed by atoms with Gasteiger partial charge in [-0.05, 0) is 79.7 Å². The van der Waals surface area contributed by atoms with E-state index in [0.29, 0.717) is 53.7 Å². The fourth-order valence-electron chi connectivity index (χ4n) is 14.6. The molecule has 0 aliphatic carbocycles. The molecule has 0 spiro atoms. The molecule has 5 aliphatic rings. The van der Waals surface area contributed by atoms with Crippen LogP contribution in [0.4, 0.5) is 19.4 Å². The van der Waals surface area contributed by atoms with Crippen LogP contribution in [0.15, 0.2) is 60.2 Å². The van der Waals surface area contributed by atoms with Crippen molar-refractivity contribution in [3.63, 3.8) is 0 Å². The number of benzene rings is 3. The Hall–Kier alpha value is -7.58. The number of aliphatic hydroxyl groups excluding tert-OH is 1. The van der Waals surface area contributed by atoms with Gasteiger partial charge in [-0.2, -0.15) is 9.97 Å². The highest BCUT2D eigenvalue weighted by Gasteiger charge is 2.52. The Labute approximate surface area is 535 Å². The SMILES string of the molecule is C#Cc1c(F)ccc2cc(O)cc(-c3ncc4c(N5CC6CCC(C5)N6)nc(OC[N+]56CCCC5C(COC(=O)NCCCCCCCCCCC(=O)NC(C(=O)N5C[C@H](O)C[C@H]5C(=O)N[C@H](C)c5ccc(-c7scnc7C)cc5)C(C)(C)C)CC6)nc4c3F)c12. The summed E-state index contributed by atoms with van der Waals surface area (Å²) in [5, 5.41) is 35.2. The zero-order chi connectivity index (χ0) is 64.1. The smallest absolute Gasteiger partial charge is 0.407 e. The maximum Gasteiger partial charge on any atom is 0.407 e. The highest BCUT2D eigenvalue weighted by Crippen LogP contribution is 2.43. The van der Waals surface area contributed by atoms with Gasteiger partial charge in [0.15, 0.2) is 5.82 Å². The molecule has 2 bridgehead atoms. The molecule has 91 heavy (non-hydrogen) atoms. The number of alkyl carbamates (subject to hydrolysis) is 1. The number of carbonyl (C=O) groups is 4. The van der Waals surface area contributed by atoms with Crippen molar-refractivity contribution in [2.75, 3.05) is 57.5 Å². The Balaban J connectivity index is 0.596. The molecule has 22 heteroatoms. The van der Waals surface area contributed by atoms with Crippen molar-refractivity contribution in [3.8, 4) is 45.8 Å². The van der Waals surface area contributed by atoms with Crippen molar-refractivity contribution < 1.29 is 52.1 Å². The molecule has 3 aromatic heterocycles. The van der Waals surface area contributed by atoms with E-state index in [1.165, 1.54) is 35.4 Å². The summed E-state index contributed by atoms with van der Waals surface area (Å²) in [7, 11) is 0. The number of pyridine rings is 1. The van der Waals surface area contributed by atoms with Gasteiger partial charge in [0, 0.05) is 87.5 Å². The molecular weight excluding hydrogens is 1180 g/mol. The van der Waals surface area contributed by atoms with Crippen molar-refractivity contribution in [3.05, 3.63) is 88.7 Å². The maximum absolute atomic E-state index is 17.3. The van der Waals surface area contributed by atoms with Crippen LogP contribution < -0.4 is 30.9 Å². The summed E-state index contributed by atoms with van der Waals surface area (Å²) in [6.07, 6.45) is 18.6. The number of phenols is 1. The van der Waals surface area contributed by atoms with Crippen molar-refractivity contribution in [2.45, 2.75) is 173 Å². The first-order chi connectivity index (χ1) is 43.8. The third-order valence-corrected chi connectivity index (χ3v) is 20.4. The standard InChI is InChI=1S/C69H85F2N11O8S/c1-7-51-54(70)26-23-45-31-49(83)32-52(58(45)51)60-59(71)61-53(34-73-60)64(80-35-47-24-25-48(36-80)76-47)79-67(78-61)90-40-82-29-16-17-56(82)46(27-30-82)38-89-68(88)72-28-15-13-11-9-8-10-12-14-18-57(85)77-63(69(4,5)6)66(87)81-37-50(84)33-55(81)65(86)75-41(2)43-19-21-44(22-20-43)62-42(3)74-39-91-62/h1,19-23,26,31-32,34,39,41,46-48,50,55-56,63,76,84H,8-18,24-25,27-30,33,35-38,40H2,2-6H3,(H3-,72,75,77,83,85,86,88)/p+1/t41-,46?,47?,48?,50-,55+,56?,63?,82?/m1/s1. The molecule has 6 N–H and O–H groups in total. The van der Waals surface area contributed by atoms with E-state index in [2.05, 4.69) is 42.1 Å². The van der Waals surface area contributed by atoms with Gasteiger partial charge in [0.25, 0.3) is 0 Å². The molecular formula is C69H86F2N11O8S+. The minimum absolute atomic E-state index is 0.00792. The lowest BCUT2D eigenvalue weighted by molar-refractivity contribution is -0.943. The highest BCUT2D eigenvalue weighted by atomic mass is 32.1. The molecule has 11 rings (SSSR count). The lowest BCUT2D eigenvalue weighted by Gasteiger charge is -2.35. The predicted octanol–water partition coefficient (Wildman–Crippen LogP) is 10.1. The van der Waals surface area contributed by atoms with E-state index in [1.807, 2.05) is 64.4 Å². The molecule has 5 saturated heterocycles. The monoisotopic (exact) mass is 1270 g/mol. The number of likely N-dealkylation sites (tertiary alicyclic amines) is 1. The number of β-amino-alcohol motifs (C(OH)–C–C–N with tert-alkyl or cyclic N) is 1. The number of phenolic OH excluding ortho intramolecular Hbond substituents is 1. The lowest BCUT2D eigenvalue weighted by Crippen LogP contribution is -2.57. The van der Waals surface area contributed by atoms with Crippen LogP contribution in [0.1, 0.15) is 147 Å². The molecule has 3 aromatic carbocycles. The Morgan fingerprint density at radius 1 is 0.912 bits per heavy atom. The molecule has 8 heterocycles. The van der Waals surface area contributed by atoms with E-state index in [4.69, 9.17) is 25.9 Å². The molecule has 4 amide bonds. The van der Waals surface area contributed by atoms with Crippen molar-refractivity contribution in [1.29, 1.82) is 0 Å². The summed E-state index contributed by atoms with van der Waals surface area (Å²) in [5.41, 5.74) is 4.02. The number of aryl methyl sites for hydroxylation is 1. The number of terminal acetylenes is 1. The normalized spacial score (nSPS) is 22.6. The number of rotatable bonds is 24. The number of carbonyl (C=O) groups excluding carboxylic acids is 4. The third-order valence-electron chi connectivity index (χ3n) is 19.4. The van der Waals surface area contributed by atoms with Crippen LogP contribution in [-0.4, -0.2) is 152 Å². The summed E-state index contributed by atoms with van der Waals surface area (Å²) < 4.78 is 45.4. The number of thiazole rings is 1. The minimum Gasteiger partial charge on any atom is -0.508 e. The predicted molar refractivity (Wildman–Crippen MR) is 346 cm³/mol. The van der Waals surface area contributed by atoms with Crippen LogP contribution in [0.5, 0.6) is 11.8 Å². The molecule has 5 fully saturated rings. The number of piperazine rings is 1. The molecule has 0 saturated carbocycles. The molecule has 484 valence electrons. The van der Waals surface area contributed by atoms with Gasteiger partial charge in [0.1, 0.15) is 47.3 Å². The zero-order valence-electron chi connectivity index (χ0n) is 52.9. The Morgan fingerprint density at radius 3 is 2.36 bits per heavy atom. The molecule has 19 nitrogen and oxygen atoms in total. The highest BCUT2D eigenvalue weighted by molar-refractivity contribution is 7.13. The molecule has 6 unspecified atom stereocenters. The van der Waals surface area contributed by atoms with E-state index in [-0.39, 0.29) is 113 Å². The first-order valence-electron chi connectivity index (χ1n) is 32.5. The van der Waals surface area contributed by atoms with Gasteiger partial charge in [0.2, 0.25) is 24.5 Å². The van der Waals surface area contributed by atoms with E-state index in [1.54, 1.807) is 11.3 Å². The van der Waals surface area contributed by atoms with E-state index >= 15 is 8.78 Å². The number of aliphatic hydroxyl groups is 1. The maximum atomic E-state index is 17.3. The Morgan fingerprint density at radius 2 is 1.65 bits per heavy atom. The lowest BCUT2D eigenvalue weighted by atomic mass is 9.85. The number of ether oxygens (including phenoxy) is 2. The van der Waals surface area contributed by atoms with E-state index in [9.17, 15) is 29.4 Å². The van der Waals surface area contributed by atoms with Crippen LogP contribution in [0, 0.1) is 42.2 Å². The van der Waals surface area contributed by atoms with Gasteiger partial charge in [-0.15, -0.1) is 17.8 Å². The van der Waals surface area contributed by atoms with Crippen LogP contribution in [0.3, 0.4) is 0 Å². The number of unbranched alkanes of at least 4 members (excludes halogenated alkanes) is 7. The quantitative estimate of drug-likeness (QED) is 0.0188. The number of amides is 4. The average Bonchev–Trinajstić information content (AvgIpc) is 1.47. The number of nitrogens with zero attached hydrogens (tertiary/aromatic N) is 7. The van der Waals surface area contributed by atoms with Crippen LogP contribution >= 0.6 is 11.3 Å². The van der Waals surface area contributed by atoms with Gasteiger partial charge in [-0.3, -0.25) is 23.9 Å². The zero-order valence-corrected chi connectivity index (χ0v) is 53.7. The van der Waals surface area contributed by atoms with Crippen LogP contribution in [-0.2, 0) is 19.1 Å². The van der Waals surface area contributed by atoms with Gasteiger partial charge in [-0.25, -0.2) is 18.6 Å². The summed E-state index contributed by atoms with van der Waals surface area (Å²) in [6.45, 7) is 13.6. The van der Waals surface area contributed by atoms with Gasteiger partial charge in [0.05, 0.1) is 64.2 Å². The largest absolute Gasteiger partial charge is 0.508 e. The third kappa shape index (κ3) is 14.5. The number of nitrogens with one attached hydrogen (secondary N) is 4. The number of quaternary nitrogens is 1. The summed E-state index contributed by atoms with van der Waals surface area (Å²) in [5.74, 6) is 0.536. The molecule has 6 aromatic rings. The van der Waals surface area contributed by atoms with Crippen molar-refractivity contribution in [2.24, 2.45) is 11.3 Å². The molecule has 5 aliphatic heterocycles. The summed E-state index contributed by atoms with van der Waals surface area (Å²) in [6, 6.07) is 12.1. The Kier molecular flexibility index (Phi) is 20.1. The van der Waals surface area contributed by atoms with Gasteiger partial charge >= 0.3 is 12.1 Å². The second-order valence-corrected chi connectivity index (χ2v) is 27.8. The number of aromatic hydroxyl groups is 1. The molecule has 0 radical (unpaired) electrons. The van der Waals surface area contributed by atoms with E-state index < -0.39 is 41.3 Å². The van der Waals surface area contributed by atoms with Crippen LogP contribution in [0.25, 0.3) is 43.4 Å². The second-order valence-electron chi connectivity index (χ2n) is 26.9. The van der Waals surface area contributed by atoms with Crippen LogP contribution in [0.2, 0.25) is 0 Å². The molecule has 9 atom stereocenters. The van der Waals surface area contributed by atoms with E-state index in [0.717, 1.165) is 112 Å². The Bertz CT molecular complexity index is 3680. The fraction of sp³-hybridized carbons (Fsp3) is 0.536. The first kappa shape index (κ1) is 64.9. The minimum atomic E-state index is -0.884. The number of anilines is 1. The van der Waals surface area contributed by atoms with Gasteiger partial charge < -0.3 is 50.8 Å². The average molecular weight is 1270 g/mol. The van der Waals surface area contributed by atoms with Crippen molar-refractivity contribution in [1.82, 2.24) is 46.1 Å². The number of fused-ring (bicyclic) bond motifs is 5. The number of aromatic nitrogens is 4.